The standard InChI is InChI=1S/C11H22N4O3S.ClH/c12-8-9-2-1-3-10(9)11(16)14-4-6-15(7-5-14)19(13,17)18;/h9-10H,1-8,12H2,(H2,13,17,18);1H/t9-,10-;/m1./s1. The van der Waals surface area contributed by atoms with Crippen molar-refractivity contribution >= 4 is 28.5 Å². The van der Waals surface area contributed by atoms with Crippen LogP contribution in [0, 0.1) is 11.8 Å². The van der Waals surface area contributed by atoms with Gasteiger partial charge in [-0.3, -0.25) is 4.79 Å². The molecule has 118 valence electrons. The van der Waals surface area contributed by atoms with Gasteiger partial charge in [0.1, 0.15) is 0 Å². The Kier molecular flexibility index (Phi) is 6.21. The second-order valence-corrected chi connectivity index (χ2v) is 6.85. The van der Waals surface area contributed by atoms with Crippen molar-refractivity contribution in [2.24, 2.45) is 22.7 Å². The molecule has 1 saturated heterocycles. The van der Waals surface area contributed by atoms with E-state index >= 15 is 0 Å². The predicted octanol–water partition coefficient (Wildman–Crippen LogP) is -0.869. The molecule has 1 heterocycles. The lowest BCUT2D eigenvalue weighted by Crippen LogP contribution is -2.53. The average Bonchev–Trinajstić information content (AvgIpc) is 2.85. The van der Waals surface area contributed by atoms with Crippen molar-refractivity contribution in [2.45, 2.75) is 19.3 Å². The fraction of sp³-hybridized carbons (Fsp3) is 0.909. The zero-order valence-electron chi connectivity index (χ0n) is 11.4. The van der Waals surface area contributed by atoms with Crippen LogP contribution in [0.5, 0.6) is 0 Å². The number of rotatable bonds is 3. The van der Waals surface area contributed by atoms with Crippen LogP contribution in [0.4, 0.5) is 0 Å². The first kappa shape index (κ1) is 17.6. The van der Waals surface area contributed by atoms with Crippen molar-refractivity contribution in [3.63, 3.8) is 0 Å². The van der Waals surface area contributed by atoms with Crippen molar-refractivity contribution in [1.29, 1.82) is 0 Å². The van der Waals surface area contributed by atoms with E-state index in [1.165, 1.54) is 4.31 Å². The van der Waals surface area contributed by atoms with E-state index in [1.807, 2.05) is 0 Å². The molecule has 0 aromatic rings. The molecular formula is C11H23ClN4O3S. The summed E-state index contributed by atoms with van der Waals surface area (Å²) in [7, 11) is -3.63. The van der Waals surface area contributed by atoms with Crippen molar-refractivity contribution in [1.82, 2.24) is 9.21 Å². The van der Waals surface area contributed by atoms with Gasteiger partial charge in [0.05, 0.1) is 0 Å². The molecular weight excluding hydrogens is 304 g/mol. The van der Waals surface area contributed by atoms with Crippen LogP contribution in [-0.2, 0) is 15.0 Å². The number of piperazine rings is 1. The summed E-state index contributed by atoms with van der Waals surface area (Å²) >= 11 is 0. The van der Waals surface area contributed by atoms with E-state index in [2.05, 4.69) is 0 Å². The molecule has 2 aliphatic rings. The van der Waals surface area contributed by atoms with Crippen LogP contribution in [0.1, 0.15) is 19.3 Å². The third-order valence-corrected chi connectivity index (χ3v) is 5.27. The summed E-state index contributed by atoms with van der Waals surface area (Å²) in [4.78, 5) is 14.1. The molecule has 2 atom stereocenters. The van der Waals surface area contributed by atoms with Crippen molar-refractivity contribution in [3.8, 4) is 0 Å². The lowest BCUT2D eigenvalue weighted by Gasteiger charge is -2.35. The highest BCUT2D eigenvalue weighted by atomic mass is 35.5. The lowest BCUT2D eigenvalue weighted by molar-refractivity contribution is -0.137. The lowest BCUT2D eigenvalue weighted by atomic mass is 9.94. The van der Waals surface area contributed by atoms with Gasteiger partial charge in [0, 0.05) is 32.1 Å². The maximum Gasteiger partial charge on any atom is 0.277 e. The fourth-order valence-corrected chi connectivity index (χ4v) is 3.71. The molecule has 1 saturated carbocycles. The summed E-state index contributed by atoms with van der Waals surface area (Å²) in [6.07, 6.45) is 2.97. The van der Waals surface area contributed by atoms with Gasteiger partial charge in [-0.25, -0.2) is 5.14 Å². The molecule has 0 unspecified atom stereocenters. The maximum absolute atomic E-state index is 12.4. The normalized spacial score (nSPS) is 28.2. The molecule has 0 spiro atoms. The average molecular weight is 327 g/mol. The van der Waals surface area contributed by atoms with Gasteiger partial charge in [-0.1, -0.05) is 6.42 Å². The fourth-order valence-electron chi connectivity index (χ4n) is 3.04. The number of nitrogens with zero attached hydrogens (tertiary/aromatic N) is 2. The number of amides is 1. The predicted molar refractivity (Wildman–Crippen MR) is 78.4 cm³/mol. The van der Waals surface area contributed by atoms with Gasteiger partial charge >= 0.3 is 0 Å². The highest BCUT2D eigenvalue weighted by molar-refractivity contribution is 7.86. The van der Waals surface area contributed by atoms with Crippen molar-refractivity contribution in [3.05, 3.63) is 0 Å². The minimum Gasteiger partial charge on any atom is -0.340 e. The van der Waals surface area contributed by atoms with Crippen LogP contribution in [0.2, 0.25) is 0 Å². The first-order chi connectivity index (χ1) is 8.93. The number of hydrogen-bond donors (Lipinski definition) is 2. The van der Waals surface area contributed by atoms with Gasteiger partial charge in [0.2, 0.25) is 5.91 Å². The first-order valence-electron chi connectivity index (χ1n) is 6.70. The minimum absolute atomic E-state index is 0. The number of carbonyl (C=O) groups excluding carboxylic acids is 1. The van der Waals surface area contributed by atoms with Gasteiger partial charge in [-0.2, -0.15) is 12.7 Å². The molecule has 20 heavy (non-hydrogen) atoms. The summed E-state index contributed by atoms with van der Waals surface area (Å²) in [6.45, 7) is 1.95. The Morgan fingerprint density at radius 3 is 2.25 bits per heavy atom. The van der Waals surface area contributed by atoms with Gasteiger partial charge in [0.25, 0.3) is 10.2 Å². The second-order valence-electron chi connectivity index (χ2n) is 5.30. The molecule has 2 rings (SSSR count). The number of halogens is 1. The summed E-state index contributed by atoms with van der Waals surface area (Å²) in [5.74, 6) is 0.428. The van der Waals surface area contributed by atoms with Crippen LogP contribution < -0.4 is 10.9 Å². The minimum atomic E-state index is -3.63. The molecule has 7 nitrogen and oxygen atoms in total. The quantitative estimate of drug-likeness (QED) is 0.702. The topological polar surface area (TPSA) is 110 Å². The van der Waals surface area contributed by atoms with E-state index in [4.69, 9.17) is 10.9 Å². The van der Waals surface area contributed by atoms with Gasteiger partial charge in [-0.05, 0) is 25.3 Å². The Bertz CT molecular complexity index is 437. The van der Waals surface area contributed by atoms with Crippen molar-refractivity contribution in [2.75, 3.05) is 32.7 Å². The summed E-state index contributed by atoms with van der Waals surface area (Å²) < 4.78 is 23.6. The highest BCUT2D eigenvalue weighted by Gasteiger charge is 2.36. The van der Waals surface area contributed by atoms with Crippen LogP contribution in [-0.4, -0.2) is 56.3 Å². The van der Waals surface area contributed by atoms with E-state index in [1.54, 1.807) is 4.90 Å². The third kappa shape index (κ3) is 3.82. The Morgan fingerprint density at radius 2 is 1.75 bits per heavy atom. The highest BCUT2D eigenvalue weighted by Crippen LogP contribution is 2.32. The molecule has 9 heteroatoms. The molecule has 1 aliphatic carbocycles. The van der Waals surface area contributed by atoms with Gasteiger partial charge in [0.15, 0.2) is 0 Å². The number of carbonyl (C=O) groups is 1. The molecule has 1 amide bonds. The molecule has 4 N–H and O–H groups in total. The zero-order valence-corrected chi connectivity index (χ0v) is 13.0. The zero-order chi connectivity index (χ0) is 14.0. The molecule has 0 bridgehead atoms. The maximum atomic E-state index is 12.4. The molecule has 0 radical (unpaired) electrons. The van der Waals surface area contributed by atoms with Gasteiger partial charge in [-0.15, -0.1) is 12.4 Å². The van der Waals surface area contributed by atoms with E-state index in [0.29, 0.717) is 19.6 Å². The van der Waals surface area contributed by atoms with E-state index in [0.717, 1.165) is 19.3 Å². The second kappa shape index (κ2) is 7.04. The third-order valence-electron chi connectivity index (χ3n) is 4.19. The Labute approximate surface area is 126 Å². The van der Waals surface area contributed by atoms with E-state index in [-0.39, 0.29) is 43.2 Å². The van der Waals surface area contributed by atoms with Gasteiger partial charge < -0.3 is 10.6 Å². The smallest absolute Gasteiger partial charge is 0.277 e. The van der Waals surface area contributed by atoms with Crippen LogP contribution in [0.15, 0.2) is 0 Å². The number of hydrogen-bond acceptors (Lipinski definition) is 4. The van der Waals surface area contributed by atoms with E-state index in [9.17, 15) is 13.2 Å². The Morgan fingerprint density at radius 1 is 1.15 bits per heavy atom. The monoisotopic (exact) mass is 326 g/mol. The van der Waals surface area contributed by atoms with E-state index < -0.39 is 10.2 Å². The first-order valence-corrected chi connectivity index (χ1v) is 8.20. The Balaban J connectivity index is 0.00000200. The molecule has 0 aromatic carbocycles. The van der Waals surface area contributed by atoms with Crippen LogP contribution >= 0.6 is 12.4 Å². The largest absolute Gasteiger partial charge is 0.340 e. The summed E-state index contributed by atoms with van der Waals surface area (Å²) in [5, 5.41) is 5.08. The molecule has 2 fully saturated rings. The SMILES string of the molecule is Cl.NC[C@H]1CCC[C@H]1C(=O)N1CCN(S(N)(=O)=O)CC1. The van der Waals surface area contributed by atoms with Crippen molar-refractivity contribution < 1.29 is 13.2 Å². The summed E-state index contributed by atoms with van der Waals surface area (Å²) in [5.41, 5.74) is 5.70. The number of nitrogens with two attached hydrogens (primary N) is 2. The van der Waals surface area contributed by atoms with Crippen LogP contribution in [0.3, 0.4) is 0 Å². The molecule has 1 aliphatic heterocycles. The summed E-state index contributed by atoms with van der Waals surface area (Å²) in [6, 6.07) is 0. The van der Waals surface area contributed by atoms with Crippen LogP contribution in [0.25, 0.3) is 0 Å². The Hall–Kier alpha value is -0.410. The molecule has 0 aromatic heterocycles.